The first-order valence-electron chi connectivity index (χ1n) is 4.33. The van der Waals surface area contributed by atoms with Crippen molar-refractivity contribution in [1.29, 1.82) is 5.26 Å². The van der Waals surface area contributed by atoms with Gasteiger partial charge in [-0.15, -0.1) is 5.10 Å². The van der Waals surface area contributed by atoms with Gasteiger partial charge in [-0.2, -0.15) is 10.2 Å². The minimum absolute atomic E-state index is 0.262. The van der Waals surface area contributed by atoms with Crippen LogP contribution in [0.4, 0.5) is 0 Å². The largest absolute Gasteiger partial charge is 0.309 e. The Kier molecular flexibility index (Phi) is 2.66. The van der Waals surface area contributed by atoms with Crippen LogP contribution in [0.15, 0.2) is 35.4 Å². The van der Waals surface area contributed by atoms with E-state index in [4.69, 9.17) is 16.9 Å². The van der Waals surface area contributed by atoms with E-state index in [9.17, 15) is 4.79 Å². The highest BCUT2D eigenvalue weighted by Crippen LogP contribution is 2.17. The van der Waals surface area contributed by atoms with Crippen LogP contribution in [0.3, 0.4) is 0 Å². The van der Waals surface area contributed by atoms with Crippen LogP contribution in [0.2, 0.25) is 5.02 Å². The molecule has 0 atom stereocenters. The van der Waals surface area contributed by atoms with Crippen LogP contribution in [0, 0.1) is 11.3 Å². The highest BCUT2D eigenvalue weighted by atomic mass is 35.5. The molecular weight excluding hydrogens is 228 g/mol. The second kappa shape index (κ2) is 4.13. The van der Waals surface area contributed by atoms with Gasteiger partial charge in [-0.05, 0) is 12.1 Å². The molecule has 0 saturated heterocycles. The molecule has 2 rings (SSSR count). The Balaban J connectivity index is 2.63. The number of hydrogen-bond acceptors (Lipinski definition) is 4. The molecule has 0 spiro atoms. The zero-order valence-corrected chi connectivity index (χ0v) is 8.72. The van der Waals surface area contributed by atoms with E-state index in [1.165, 1.54) is 11.0 Å². The number of rotatable bonds is 1. The summed E-state index contributed by atoms with van der Waals surface area (Å²) in [4.78, 5) is 14.6. The molecule has 16 heavy (non-hydrogen) atoms. The standard InChI is InChI=1S/C10H5ClN4O/c11-7-3-1-2-4-9(7)15-6-13-10(16)8(5-12)14-15/h1-4,6H. The zero-order chi connectivity index (χ0) is 11.5. The Morgan fingerprint density at radius 3 is 2.81 bits per heavy atom. The SMILES string of the molecule is N#Cc1nn(-c2ccccc2Cl)cnc1=O. The first-order valence-corrected chi connectivity index (χ1v) is 4.71. The average molecular weight is 233 g/mol. The van der Waals surface area contributed by atoms with E-state index in [2.05, 4.69) is 10.1 Å². The maximum absolute atomic E-state index is 11.1. The molecule has 0 bridgehead atoms. The van der Waals surface area contributed by atoms with Gasteiger partial charge < -0.3 is 0 Å². The summed E-state index contributed by atoms with van der Waals surface area (Å²) in [6.07, 6.45) is 1.23. The third kappa shape index (κ3) is 1.78. The predicted octanol–water partition coefficient (Wildman–Crippen LogP) is 1.15. The quantitative estimate of drug-likeness (QED) is 0.740. The first-order chi connectivity index (χ1) is 7.72. The fourth-order valence-corrected chi connectivity index (χ4v) is 1.39. The van der Waals surface area contributed by atoms with Gasteiger partial charge in [-0.3, -0.25) is 4.79 Å². The lowest BCUT2D eigenvalue weighted by molar-refractivity contribution is 0.783. The number of nitrogens with zero attached hydrogens (tertiary/aromatic N) is 4. The molecular formula is C10H5ClN4O. The fraction of sp³-hybridized carbons (Fsp3) is 0. The second-order valence-electron chi connectivity index (χ2n) is 2.91. The van der Waals surface area contributed by atoms with Gasteiger partial charge >= 0.3 is 5.56 Å². The maximum Gasteiger partial charge on any atom is 0.309 e. The molecule has 1 aromatic heterocycles. The normalized spacial score (nSPS) is 9.75. The molecule has 5 nitrogen and oxygen atoms in total. The summed E-state index contributed by atoms with van der Waals surface area (Å²) >= 11 is 5.94. The molecule has 78 valence electrons. The summed E-state index contributed by atoms with van der Waals surface area (Å²) in [7, 11) is 0. The van der Waals surface area contributed by atoms with Crippen molar-refractivity contribution >= 4 is 11.6 Å². The summed E-state index contributed by atoms with van der Waals surface area (Å²) in [6.45, 7) is 0. The van der Waals surface area contributed by atoms with Crippen LogP contribution < -0.4 is 5.56 Å². The van der Waals surface area contributed by atoms with Crippen molar-refractivity contribution in [2.75, 3.05) is 0 Å². The lowest BCUT2D eigenvalue weighted by Gasteiger charge is -2.05. The molecule has 0 unspecified atom stereocenters. The zero-order valence-electron chi connectivity index (χ0n) is 7.96. The van der Waals surface area contributed by atoms with Gasteiger partial charge in [-0.1, -0.05) is 23.7 Å². The molecule has 0 aliphatic rings. The van der Waals surface area contributed by atoms with E-state index in [-0.39, 0.29) is 5.69 Å². The second-order valence-corrected chi connectivity index (χ2v) is 3.31. The molecule has 0 saturated carbocycles. The molecule has 1 heterocycles. The molecule has 0 amide bonds. The van der Waals surface area contributed by atoms with Gasteiger partial charge in [0.2, 0.25) is 5.69 Å². The van der Waals surface area contributed by atoms with Crippen LogP contribution in [0.5, 0.6) is 0 Å². The maximum atomic E-state index is 11.1. The van der Waals surface area contributed by atoms with E-state index < -0.39 is 5.56 Å². The van der Waals surface area contributed by atoms with Gasteiger partial charge in [0.1, 0.15) is 12.4 Å². The number of hydrogen-bond donors (Lipinski definition) is 0. The summed E-state index contributed by atoms with van der Waals surface area (Å²) in [6, 6.07) is 8.61. The van der Waals surface area contributed by atoms with E-state index >= 15 is 0 Å². The topological polar surface area (TPSA) is 71.6 Å². The number of para-hydroxylation sites is 1. The average Bonchev–Trinajstić information content (AvgIpc) is 2.31. The lowest BCUT2D eigenvalue weighted by Crippen LogP contribution is -2.17. The molecule has 0 radical (unpaired) electrons. The predicted molar refractivity (Wildman–Crippen MR) is 57.4 cm³/mol. The van der Waals surface area contributed by atoms with E-state index in [1.807, 2.05) is 0 Å². The fourth-order valence-electron chi connectivity index (χ4n) is 1.17. The van der Waals surface area contributed by atoms with Crippen LogP contribution in [0.1, 0.15) is 5.69 Å². The Bertz CT molecular complexity index is 629. The minimum Gasteiger partial charge on any atom is -0.264 e. The molecule has 0 N–H and O–H groups in total. The van der Waals surface area contributed by atoms with Crippen molar-refractivity contribution in [3.63, 3.8) is 0 Å². The van der Waals surface area contributed by atoms with Gasteiger partial charge in [0.15, 0.2) is 0 Å². The van der Waals surface area contributed by atoms with Crippen molar-refractivity contribution in [2.24, 2.45) is 0 Å². The summed E-state index contributed by atoms with van der Waals surface area (Å²) in [5, 5.41) is 12.9. The third-order valence-electron chi connectivity index (χ3n) is 1.90. The summed E-state index contributed by atoms with van der Waals surface area (Å²) < 4.78 is 1.29. The number of nitriles is 1. The van der Waals surface area contributed by atoms with Gasteiger partial charge in [-0.25, -0.2) is 4.68 Å². The van der Waals surface area contributed by atoms with E-state index in [0.29, 0.717) is 10.7 Å². The van der Waals surface area contributed by atoms with Crippen molar-refractivity contribution in [3.05, 3.63) is 51.7 Å². The molecule has 1 aromatic carbocycles. The Morgan fingerprint density at radius 1 is 1.38 bits per heavy atom. The van der Waals surface area contributed by atoms with Crippen LogP contribution in [0.25, 0.3) is 5.69 Å². The van der Waals surface area contributed by atoms with Crippen molar-refractivity contribution in [2.45, 2.75) is 0 Å². The Labute approximate surface area is 95.5 Å². The highest BCUT2D eigenvalue weighted by molar-refractivity contribution is 6.32. The van der Waals surface area contributed by atoms with Crippen molar-refractivity contribution in [1.82, 2.24) is 14.8 Å². The highest BCUT2D eigenvalue weighted by Gasteiger charge is 2.05. The number of halogens is 1. The van der Waals surface area contributed by atoms with Crippen molar-refractivity contribution < 1.29 is 0 Å². The minimum atomic E-state index is -0.647. The first kappa shape index (κ1) is 10.3. The summed E-state index contributed by atoms with van der Waals surface area (Å²) in [5.74, 6) is 0. The van der Waals surface area contributed by atoms with E-state index in [1.54, 1.807) is 30.3 Å². The molecule has 6 heteroatoms. The monoisotopic (exact) mass is 232 g/mol. The number of aromatic nitrogens is 3. The van der Waals surface area contributed by atoms with Crippen LogP contribution >= 0.6 is 11.6 Å². The molecule has 0 aliphatic heterocycles. The molecule has 0 aliphatic carbocycles. The van der Waals surface area contributed by atoms with Crippen LogP contribution in [-0.2, 0) is 0 Å². The van der Waals surface area contributed by atoms with Gasteiger partial charge in [0.25, 0.3) is 0 Å². The third-order valence-corrected chi connectivity index (χ3v) is 2.22. The van der Waals surface area contributed by atoms with Gasteiger partial charge in [0.05, 0.1) is 10.7 Å². The van der Waals surface area contributed by atoms with Crippen LogP contribution in [-0.4, -0.2) is 14.8 Å². The van der Waals surface area contributed by atoms with Gasteiger partial charge in [0, 0.05) is 0 Å². The Hall–Kier alpha value is -2.19. The smallest absolute Gasteiger partial charge is 0.264 e. The number of benzene rings is 1. The lowest BCUT2D eigenvalue weighted by atomic mass is 10.3. The van der Waals surface area contributed by atoms with E-state index in [0.717, 1.165) is 0 Å². The Morgan fingerprint density at radius 2 is 2.12 bits per heavy atom. The van der Waals surface area contributed by atoms with Crippen molar-refractivity contribution in [3.8, 4) is 11.8 Å². The molecule has 2 aromatic rings. The summed E-state index contributed by atoms with van der Waals surface area (Å²) in [5.41, 5.74) is -0.346. The molecule has 0 fully saturated rings.